The summed E-state index contributed by atoms with van der Waals surface area (Å²) >= 11 is 3.38. The molecule has 0 spiro atoms. The Morgan fingerprint density at radius 1 is 1.60 bits per heavy atom. The van der Waals surface area contributed by atoms with Crippen molar-refractivity contribution in [3.8, 4) is 0 Å². The smallest absolute Gasteiger partial charge is 0.283 e. The van der Waals surface area contributed by atoms with E-state index in [0.717, 1.165) is 31.6 Å². The molecular weight excluding hydrogens is 324 g/mol. The second-order valence-corrected chi connectivity index (χ2v) is 5.73. The third-order valence-corrected chi connectivity index (χ3v) is 4.28. The Bertz CT molecular complexity index is 506. The second-order valence-electron chi connectivity index (χ2n) is 4.94. The molecular formula is C13H21BrN4O2. The van der Waals surface area contributed by atoms with Gasteiger partial charge in [0.1, 0.15) is 4.47 Å². The Hall–Kier alpha value is -0.920. The van der Waals surface area contributed by atoms with Crippen molar-refractivity contribution >= 4 is 21.6 Å². The maximum Gasteiger partial charge on any atom is 0.283 e. The van der Waals surface area contributed by atoms with Crippen LogP contribution in [0.4, 0.5) is 5.69 Å². The summed E-state index contributed by atoms with van der Waals surface area (Å²) in [5, 5.41) is 10.8. The highest BCUT2D eigenvalue weighted by Gasteiger charge is 2.27. The molecule has 20 heavy (non-hydrogen) atoms. The minimum atomic E-state index is -0.0941. The number of aryl methyl sites for hydroxylation is 1. The number of aromatic nitrogens is 2. The quantitative estimate of drug-likeness (QED) is 0.811. The lowest BCUT2D eigenvalue weighted by Crippen LogP contribution is -2.35. The Labute approximate surface area is 127 Å². The highest BCUT2D eigenvalue weighted by atomic mass is 79.9. The number of hydrogen-bond acceptors (Lipinski definition) is 5. The molecule has 0 radical (unpaired) electrons. The van der Waals surface area contributed by atoms with E-state index in [-0.39, 0.29) is 17.7 Å². The lowest BCUT2D eigenvalue weighted by molar-refractivity contribution is 0.111. The van der Waals surface area contributed by atoms with Crippen molar-refractivity contribution in [3.05, 3.63) is 21.0 Å². The fourth-order valence-corrected chi connectivity index (χ4v) is 2.70. The van der Waals surface area contributed by atoms with Crippen LogP contribution in [0.3, 0.4) is 0 Å². The molecule has 2 heterocycles. The molecule has 1 aliphatic rings. The van der Waals surface area contributed by atoms with Gasteiger partial charge in [-0.25, -0.2) is 4.68 Å². The molecule has 112 valence electrons. The first-order valence-electron chi connectivity index (χ1n) is 6.93. The van der Waals surface area contributed by atoms with Crippen LogP contribution in [0.5, 0.6) is 0 Å². The Morgan fingerprint density at radius 3 is 3.10 bits per heavy atom. The molecule has 1 aromatic heterocycles. The minimum absolute atomic E-state index is 0.0941. The first-order chi connectivity index (χ1) is 9.67. The first-order valence-corrected chi connectivity index (χ1v) is 7.72. The van der Waals surface area contributed by atoms with Crippen LogP contribution in [0.1, 0.15) is 19.8 Å². The van der Waals surface area contributed by atoms with Crippen LogP contribution in [-0.4, -0.2) is 42.1 Å². The number of hydrogen-bond donors (Lipinski definition) is 2. The first kappa shape index (κ1) is 15.5. The molecule has 2 atom stereocenters. The lowest BCUT2D eigenvalue weighted by atomic mass is 10.2. The molecule has 7 heteroatoms. The highest BCUT2D eigenvalue weighted by Crippen LogP contribution is 2.19. The summed E-state index contributed by atoms with van der Waals surface area (Å²) in [6.45, 7) is 4.37. The zero-order chi connectivity index (χ0) is 14.5. The van der Waals surface area contributed by atoms with Gasteiger partial charge in [0.05, 0.1) is 24.0 Å². The number of methoxy groups -OCH3 is 1. The Kier molecular flexibility index (Phi) is 5.56. The van der Waals surface area contributed by atoms with E-state index in [2.05, 4.69) is 38.6 Å². The SMILES string of the molecule is CCCCn1ncc(NC2CNC[C@@H]2OC)c(Br)c1=O. The van der Waals surface area contributed by atoms with Crippen LogP contribution in [0.15, 0.2) is 15.5 Å². The van der Waals surface area contributed by atoms with Crippen molar-refractivity contribution in [2.24, 2.45) is 0 Å². The summed E-state index contributed by atoms with van der Waals surface area (Å²) in [5.74, 6) is 0. The summed E-state index contributed by atoms with van der Waals surface area (Å²) in [6, 6.07) is 0.143. The molecule has 0 aromatic carbocycles. The summed E-state index contributed by atoms with van der Waals surface area (Å²) in [6.07, 6.45) is 3.79. The van der Waals surface area contributed by atoms with Crippen molar-refractivity contribution in [1.82, 2.24) is 15.1 Å². The van der Waals surface area contributed by atoms with E-state index in [9.17, 15) is 4.79 Å². The third-order valence-electron chi connectivity index (χ3n) is 3.51. The van der Waals surface area contributed by atoms with Gasteiger partial charge in [-0.2, -0.15) is 5.10 Å². The normalized spacial score (nSPS) is 22.1. The zero-order valence-electron chi connectivity index (χ0n) is 11.9. The van der Waals surface area contributed by atoms with Gasteiger partial charge in [-0.1, -0.05) is 13.3 Å². The van der Waals surface area contributed by atoms with Gasteiger partial charge in [-0.15, -0.1) is 0 Å². The minimum Gasteiger partial charge on any atom is -0.378 e. The summed E-state index contributed by atoms with van der Waals surface area (Å²) < 4.78 is 7.43. The lowest BCUT2D eigenvalue weighted by Gasteiger charge is -2.20. The molecule has 1 aliphatic heterocycles. The molecule has 0 saturated carbocycles. The highest BCUT2D eigenvalue weighted by molar-refractivity contribution is 9.10. The number of ether oxygens (including phenoxy) is 1. The van der Waals surface area contributed by atoms with E-state index in [1.165, 1.54) is 4.68 Å². The van der Waals surface area contributed by atoms with Crippen molar-refractivity contribution < 1.29 is 4.74 Å². The van der Waals surface area contributed by atoms with E-state index < -0.39 is 0 Å². The maximum atomic E-state index is 12.2. The third kappa shape index (κ3) is 3.39. The van der Waals surface area contributed by atoms with Gasteiger partial charge in [-0.05, 0) is 22.4 Å². The number of nitrogens with one attached hydrogen (secondary N) is 2. The van der Waals surface area contributed by atoms with Crippen molar-refractivity contribution in [1.29, 1.82) is 0 Å². The van der Waals surface area contributed by atoms with Gasteiger partial charge in [0.25, 0.3) is 5.56 Å². The van der Waals surface area contributed by atoms with Crippen LogP contribution in [0, 0.1) is 0 Å². The topological polar surface area (TPSA) is 68.2 Å². The standard InChI is InChI=1S/C13H21BrN4O2/c1-3-4-5-18-13(19)12(14)10(7-16-18)17-9-6-15-8-11(9)20-2/h7,9,11,15,17H,3-6,8H2,1-2H3/t9?,11-/m0/s1. The zero-order valence-corrected chi connectivity index (χ0v) is 13.4. The van der Waals surface area contributed by atoms with Crippen LogP contribution >= 0.6 is 15.9 Å². The summed E-state index contributed by atoms with van der Waals surface area (Å²) in [5.41, 5.74) is 0.627. The van der Waals surface area contributed by atoms with Crippen molar-refractivity contribution in [3.63, 3.8) is 0 Å². The largest absolute Gasteiger partial charge is 0.378 e. The van der Waals surface area contributed by atoms with Gasteiger partial charge in [-0.3, -0.25) is 4.79 Å². The molecule has 6 nitrogen and oxygen atoms in total. The van der Waals surface area contributed by atoms with E-state index >= 15 is 0 Å². The fourth-order valence-electron chi connectivity index (χ4n) is 2.28. The second kappa shape index (κ2) is 7.19. The van der Waals surface area contributed by atoms with Crippen LogP contribution in [0.25, 0.3) is 0 Å². The molecule has 1 unspecified atom stereocenters. The van der Waals surface area contributed by atoms with Gasteiger partial charge >= 0.3 is 0 Å². The van der Waals surface area contributed by atoms with Gasteiger partial charge in [0, 0.05) is 26.7 Å². The number of rotatable bonds is 6. The molecule has 0 bridgehead atoms. The van der Waals surface area contributed by atoms with Crippen molar-refractivity contribution in [2.75, 3.05) is 25.5 Å². The Balaban J connectivity index is 2.13. The number of halogens is 1. The number of unbranched alkanes of at least 4 members (excludes halogenated alkanes) is 1. The average Bonchev–Trinajstić information content (AvgIpc) is 2.90. The van der Waals surface area contributed by atoms with E-state index in [4.69, 9.17) is 4.74 Å². The van der Waals surface area contributed by atoms with E-state index in [0.29, 0.717) is 11.0 Å². The van der Waals surface area contributed by atoms with Gasteiger partial charge in [0.2, 0.25) is 0 Å². The van der Waals surface area contributed by atoms with Gasteiger partial charge in [0.15, 0.2) is 0 Å². The molecule has 1 fully saturated rings. The predicted octanol–water partition coefficient (Wildman–Crippen LogP) is 1.20. The van der Waals surface area contributed by atoms with Crippen LogP contribution < -0.4 is 16.2 Å². The van der Waals surface area contributed by atoms with E-state index in [1.54, 1.807) is 13.3 Å². The molecule has 2 rings (SSSR count). The van der Waals surface area contributed by atoms with Crippen LogP contribution in [-0.2, 0) is 11.3 Å². The average molecular weight is 345 g/mol. The van der Waals surface area contributed by atoms with Crippen molar-refractivity contribution in [2.45, 2.75) is 38.5 Å². The summed E-state index contributed by atoms with van der Waals surface area (Å²) in [7, 11) is 1.70. The molecule has 0 amide bonds. The monoisotopic (exact) mass is 344 g/mol. The summed E-state index contributed by atoms with van der Waals surface area (Å²) in [4.78, 5) is 12.2. The molecule has 1 aromatic rings. The van der Waals surface area contributed by atoms with E-state index in [1.807, 2.05) is 0 Å². The number of anilines is 1. The predicted molar refractivity (Wildman–Crippen MR) is 82.2 cm³/mol. The Morgan fingerprint density at radius 2 is 2.40 bits per heavy atom. The van der Waals surface area contributed by atoms with Gasteiger partial charge < -0.3 is 15.4 Å². The molecule has 1 saturated heterocycles. The molecule has 0 aliphatic carbocycles. The maximum absolute atomic E-state index is 12.2. The van der Waals surface area contributed by atoms with Crippen LogP contribution in [0.2, 0.25) is 0 Å². The fraction of sp³-hybridized carbons (Fsp3) is 0.692. The number of nitrogens with zero attached hydrogens (tertiary/aromatic N) is 2. The molecule has 2 N–H and O–H groups in total.